The molecule has 1 aromatic heterocycles. The lowest BCUT2D eigenvalue weighted by Crippen LogP contribution is -2.37. The van der Waals surface area contributed by atoms with Crippen LogP contribution in [0.25, 0.3) is 11.0 Å². The topological polar surface area (TPSA) is 81.7 Å². The molecule has 0 bridgehead atoms. The predicted octanol–water partition coefficient (Wildman–Crippen LogP) is 7.52. The number of para-hydroxylation sites is 1. The van der Waals surface area contributed by atoms with Crippen molar-refractivity contribution in [2.45, 2.75) is 119 Å². The number of carbonyl (C=O) groups excluding carboxylic acids is 1. The van der Waals surface area contributed by atoms with E-state index in [-0.39, 0.29) is 5.56 Å². The molecule has 1 N–H and O–H groups in total. The number of hydrogen-bond donors (Lipinski definition) is 1. The molecule has 1 heterocycles. The lowest BCUT2D eigenvalue weighted by atomic mass is 9.99. The maximum absolute atomic E-state index is 10.5. The molecular weight excluding hydrogens is 489 g/mol. The minimum Gasteiger partial charge on any atom is -0.545 e. The van der Waals surface area contributed by atoms with Gasteiger partial charge in [-0.15, -0.1) is 0 Å². The van der Waals surface area contributed by atoms with Crippen LogP contribution in [0.1, 0.15) is 112 Å². The number of nitrogens with zero attached hydrogens (tertiary/aromatic N) is 2. The molecule has 3 aromatic rings. The molecule has 0 radical (unpaired) electrons. The zero-order valence-corrected chi connectivity index (χ0v) is 23.7. The first-order valence-corrected chi connectivity index (χ1v) is 17.3. The minimum absolute atomic E-state index is 0.0567. The summed E-state index contributed by atoms with van der Waals surface area (Å²) in [6.07, 6.45) is 24.7. The van der Waals surface area contributed by atoms with Gasteiger partial charge in [0.1, 0.15) is 11.0 Å². The van der Waals surface area contributed by atoms with E-state index in [1.807, 2.05) is 0 Å². The van der Waals surface area contributed by atoms with Crippen molar-refractivity contribution in [3.05, 3.63) is 59.7 Å². The Morgan fingerprint density at radius 2 is 1.24 bits per heavy atom. The number of fused-ring (bicyclic) bond motifs is 1. The molecule has 0 unspecified atom stereocenters. The molecular formula is C32H44N3O2P. The normalized spacial score (nSPS) is 20.1. The van der Waals surface area contributed by atoms with E-state index in [0.29, 0.717) is 11.0 Å². The molecule has 3 fully saturated rings. The first-order valence-electron chi connectivity index (χ1n) is 15.1. The highest BCUT2D eigenvalue weighted by molar-refractivity contribution is 7.77. The Kier molecular flexibility index (Phi) is 9.49. The molecule has 3 aliphatic carbocycles. The molecule has 0 saturated heterocycles. The van der Waals surface area contributed by atoms with Crippen LogP contribution in [0.2, 0.25) is 0 Å². The van der Waals surface area contributed by atoms with Crippen LogP contribution in [0.15, 0.2) is 48.5 Å². The molecule has 0 spiro atoms. The van der Waals surface area contributed by atoms with Crippen LogP contribution in [-0.4, -0.2) is 38.4 Å². The van der Waals surface area contributed by atoms with E-state index in [4.69, 9.17) is 0 Å². The third-order valence-corrected chi connectivity index (χ3v) is 16.2. The maximum Gasteiger partial charge on any atom is 0.122 e. The smallest absolute Gasteiger partial charge is 0.122 e. The number of aromatic nitrogens is 3. The largest absolute Gasteiger partial charge is 0.545 e. The molecule has 3 saturated carbocycles. The van der Waals surface area contributed by atoms with Gasteiger partial charge in [-0.25, -0.2) is 0 Å². The van der Waals surface area contributed by atoms with E-state index >= 15 is 0 Å². The summed E-state index contributed by atoms with van der Waals surface area (Å²) >= 11 is 0. The number of aromatic amines is 1. The molecule has 38 heavy (non-hydrogen) atoms. The van der Waals surface area contributed by atoms with E-state index in [1.54, 1.807) is 56.2 Å². The van der Waals surface area contributed by atoms with Crippen molar-refractivity contribution >= 4 is 24.3 Å². The van der Waals surface area contributed by atoms with Gasteiger partial charge in [-0.1, -0.05) is 61.7 Å². The summed E-state index contributed by atoms with van der Waals surface area (Å²) in [6, 6.07) is 16.4. The summed E-state index contributed by atoms with van der Waals surface area (Å²) in [5, 5.41) is 20.3. The van der Waals surface area contributed by atoms with Crippen molar-refractivity contribution in [1.82, 2.24) is 15.4 Å². The van der Waals surface area contributed by atoms with Crippen LogP contribution in [0.4, 0.5) is 0 Å². The van der Waals surface area contributed by atoms with Crippen molar-refractivity contribution < 1.29 is 9.90 Å². The molecule has 5 nitrogen and oxygen atoms in total. The Balaban J connectivity index is 0.000000204. The Hall–Kier alpha value is -2.26. The highest BCUT2D eigenvalue weighted by atomic mass is 31.2. The second-order valence-electron chi connectivity index (χ2n) is 11.8. The predicted molar refractivity (Wildman–Crippen MR) is 156 cm³/mol. The number of nitrogens with one attached hydrogen (secondary N) is 1. The van der Waals surface area contributed by atoms with Gasteiger partial charge >= 0.3 is 0 Å². The summed E-state index contributed by atoms with van der Waals surface area (Å²) in [4.78, 5) is 10.5. The number of H-pyrrole nitrogens is 1. The van der Waals surface area contributed by atoms with E-state index in [1.165, 1.54) is 70.0 Å². The van der Waals surface area contributed by atoms with Crippen molar-refractivity contribution in [3.63, 3.8) is 0 Å². The fourth-order valence-corrected chi connectivity index (χ4v) is 15.3. The van der Waals surface area contributed by atoms with Crippen LogP contribution in [0, 0.1) is 0 Å². The molecule has 0 atom stereocenters. The van der Waals surface area contributed by atoms with E-state index < -0.39 is 13.2 Å². The Morgan fingerprint density at radius 1 is 0.711 bits per heavy atom. The highest BCUT2D eigenvalue weighted by Crippen LogP contribution is 2.78. The number of aromatic carboxylic acids is 1. The zero-order valence-electron chi connectivity index (χ0n) is 22.8. The molecule has 6 heteroatoms. The minimum atomic E-state index is -1.24. The number of benzene rings is 2. The van der Waals surface area contributed by atoms with E-state index in [9.17, 15) is 9.90 Å². The van der Waals surface area contributed by atoms with Gasteiger partial charge in [-0.05, 0) is 88.7 Å². The number of carbonyl (C=O) groups is 1. The summed E-state index contributed by atoms with van der Waals surface area (Å²) < 4.78 is 0. The molecule has 6 rings (SSSR count). The van der Waals surface area contributed by atoms with Crippen LogP contribution >= 0.6 is 7.26 Å². The average molecular weight is 534 g/mol. The third kappa shape index (κ3) is 6.14. The Bertz CT molecular complexity index is 1100. The summed E-state index contributed by atoms with van der Waals surface area (Å²) in [5.41, 5.74) is 5.94. The number of rotatable bonds is 6. The molecule has 0 amide bonds. The molecule has 204 valence electrons. The third-order valence-electron chi connectivity index (χ3n) is 9.63. The van der Waals surface area contributed by atoms with Crippen LogP contribution < -0.4 is 5.11 Å². The lowest BCUT2D eigenvalue weighted by Gasteiger charge is -2.49. The average Bonchev–Trinajstić information content (AvgIpc) is 3.47. The van der Waals surface area contributed by atoms with E-state index in [0.717, 1.165) is 17.0 Å². The van der Waals surface area contributed by atoms with Crippen LogP contribution in [0.3, 0.4) is 0 Å². The van der Waals surface area contributed by atoms with Crippen molar-refractivity contribution in [1.29, 1.82) is 0 Å². The van der Waals surface area contributed by atoms with Gasteiger partial charge in [0.15, 0.2) is 0 Å². The number of carboxylic acids is 1. The van der Waals surface area contributed by atoms with Crippen molar-refractivity contribution in [2.75, 3.05) is 0 Å². The quantitative estimate of drug-likeness (QED) is 0.332. The van der Waals surface area contributed by atoms with Crippen LogP contribution in [0.5, 0.6) is 0 Å². The van der Waals surface area contributed by atoms with Gasteiger partial charge in [-0.2, -0.15) is 15.4 Å². The number of hydrogen-bond acceptors (Lipinski definition) is 4. The standard InChI is InChI=1S/C25H40P.C7H5N3O2/c1-5-13-22(14-6-1)21-26(23-15-7-2-8-16-23,24-17-9-3-10-18-24)25-19-11-4-12-20-25;11-7(12)4-2-1-3-5-6(4)9-10-8-5/h1,5-6,13-14,23-25H,2-4,7-12,15-21H2;1-3H,(H,11,12)(H,8,9,10)/q+1;/p-1. The lowest BCUT2D eigenvalue weighted by molar-refractivity contribution is -0.254. The SMILES string of the molecule is O=C([O-])c1cccc2n[nH]nc12.c1ccc(C[P+](C2CCCCC2)(C2CCCCC2)C2CCCCC2)cc1. The zero-order chi connectivity index (χ0) is 26.2. The van der Waals surface area contributed by atoms with Gasteiger partial charge in [0.25, 0.3) is 0 Å². The van der Waals surface area contributed by atoms with Gasteiger partial charge in [-0.3, -0.25) is 0 Å². The second-order valence-corrected chi connectivity index (χ2v) is 16.3. The fourth-order valence-electron chi connectivity index (χ4n) is 7.90. The molecule has 0 aliphatic heterocycles. The Morgan fingerprint density at radius 3 is 1.74 bits per heavy atom. The van der Waals surface area contributed by atoms with E-state index in [2.05, 4.69) is 45.7 Å². The number of carboxylic acid groups (broad SMARTS) is 1. The van der Waals surface area contributed by atoms with Gasteiger partial charge in [0.2, 0.25) is 0 Å². The van der Waals surface area contributed by atoms with Crippen molar-refractivity contribution in [2.24, 2.45) is 0 Å². The van der Waals surface area contributed by atoms with Crippen molar-refractivity contribution in [3.8, 4) is 0 Å². The first-order chi connectivity index (χ1) is 18.7. The summed E-state index contributed by atoms with van der Waals surface area (Å²) in [5.74, 6) is -1.24. The van der Waals surface area contributed by atoms with Gasteiger partial charge in [0.05, 0.1) is 29.1 Å². The van der Waals surface area contributed by atoms with Gasteiger partial charge < -0.3 is 9.90 Å². The molecule has 3 aliphatic rings. The van der Waals surface area contributed by atoms with Gasteiger partial charge in [0, 0.05) is 12.8 Å². The molecule has 2 aromatic carbocycles. The fraction of sp³-hybridized carbons (Fsp3) is 0.594. The Labute approximate surface area is 228 Å². The highest BCUT2D eigenvalue weighted by Gasteiger charge is 2.56. The monoisotopic (exact) mass is 533 g/mol. The summed E-state index contributed by atoms with van der Waals surface area (Å²) in [7, 11) is -0.944. The second kappa shape index (κ2) is 13.2. The first kappa shape index (κ1) is 27.3. The van der Waals surface area contributed by atoms with Crippen LogP contribution in [-0.2, 0) is 6.16 Å². The summed E-state index contributed by atoms with van der Waals surface area (Å²) in [6.45, 7) is 0. The maximum atomic E-state index is 10.5.